The highest BCUT2D eigenvalue weighted by molar-refractivity contribution is 14.1. The summed E-state index contributed by atoms with van der Waals surface area (Å²) in [6, 6.07) is 3.77. The van der Waals surface area contributed by atoms with Gasteiger partial charge in [-0.1, -0.05) is 11.6 Å². The molecule has 1 aromatic rings. The Morgan fingerprint density at radius 3 is 2.68 bits per heavy atom. The van der Waals surface area contributed by atoms with Gasteiger partial charge in [0.15, 0.2) is 0 Å². The summed E-state index contributed by atoms with van der Waals surface area (Å²) in [6.07, 6.45) is -0.835. The largest absolute Gasteiger partial charge is 0.495 e. The van der Waals surface area contributed by atoms with Crippen LogP contribution in [-0.2, 0) is 0 Å². The first-order valence-electron chi connectivity index (χ1n) is 6.98. The number of ether oxygens (including phenoxy) is 1. The topological polar surface area (TPSA) is 65.0 Å². The lowest BCUT2D eigenvalue weighted by Gasteiger charge is -2.33. The molecule has 1 aliphatic rings. The molecule has 1 aromatic carbocycles. The number of methoxy groups -OCH3 is 1. The minimum absolute atomic E-state index is 0.567. The SMILES string of the molecule is COc1cc(Cl)c(I)cc1NCCN1CCN(C(=O)O)CC1. The predicted molar refractivity (Wildman–Crippen MR) is 95.2 cm³/mol. The van der Waals surface area contributed by atoms with Crippen LogP contribution in [0, 0.1) is 3.57 Å². The van der Waals surface area contributed by atoms with Crippen LogP contribution in [0.5, 0.6) is 5.75 Å². The summed E-state index contributed by atoms with van der Waals surface area (Å²) >= 11 is 8.27. The zero-order valence-corrected chi connectivity index (χ0v) is 15.2. The number of rotatable bonds is 5. The second kappa shape index (κ2) is 8.07. The number of nitrogens with one attached hydrogen (secondary N) is 1. The fourth-order valence-corrected chi connectivity index (χ4v) is 2.97. The van der Waals surface area contributed by atoms with Gasteiger partial charge in [-0.15, -0.1) is 0 Å². The van der Waals surface area contributed by atoms with E-state index in [1.807, 2.05) is 6.07 Å². The van der Waals surface area contributed by atoms with Gasteiger partial charge in [-0.2, -0.15) is 0 Å². The van der Waals surface area contributed by atoms with E-state index in [0.29, 0.717) is 18.1 Å². The van der Waals surface area contributed by atoms with Gasteiger partial charge in [0.25, 0.3) is 0 Å². The molecule has 8 heteroatoms. The summed E-state index contributed by atoms with van der Waals surface area (Å²) in [5, 5.41) is 13.0. The van der Waals surface area contributed by atoms with Gasteiger partial charge in [-0.25, -0.2) is 4.79 Å². The first-order valence-corrected chi connectivity index (χ1v) is 8.44. The van der Waals surface area contributed by atoms with E-state index in [9.17, 15) is 4.79 Å². The smallest absolute Gasteiger partial charge is 0.407 e. The summed E-state index contributed by atoms with van der Waals surface area (Å²) in [6.45, 7) is 4.29. The Morgan fingerprint density at radius 2 is 2.09 bits per heavy atom. The Bertz CT molecular complexity index is 536. The third-order valence-electron chi connectivity index (χ3n) is 3.63. The van der Waals surface area contributed by atoms with E-state index >= 15 is 0 Å². The van der Waals surface area contributed by atoms with Crippen molar-refractivity contribution in [1.29, 1.82) is 0 Å². The molecule has 122 valence electrons. The van der Waals surface area contributed by atoms with Crippen molar-refractivity contribution in [2.45, 2.75) is 0 Å². The van der Waals surface area contributed by atoms with E-state index in [-0.39, 0.29) is 0 Å². The summed E-state index contributed by atoms with van der Waals surface area (Å²) in [7, 11) is 1.62. The zero-order valence-electron chi connectivity index (χ0n) is 12.3. The summed E-state index contributed by atoms with van der Waals surface area (Å²) < 4.78 is 6.30. The molecule has 0 atom stereocenters. The van der Waals surface area contributed by atoms with Crippen molar-refractivity contribution in [2.24, 2.45) is 0 Å². The highest BCUT2D eigenvalue weighted by atomic mass is 127. The summed E-state index contributed by atoms with van der Waals surface area (Å²) in [5.74, 6) is 0.723. The van der Waals surface area contributed by atoms with Gasteiger partial charge in [-0.05, 0) is 28.7 Å². The molecule has 6 nitrogen and oxygen atoms in total. The average molecular weight is 440 g/mol. The highest BCUT2D eigenvalue weighted by Crippen LogP contribution is 2.31. The van der Waals surface area contributed by atoms with E-state index in [1.54, 1.807) is 13.2 Å². The third kappa shape index (κ3) is 4.53. The number of halogens is 2. The first kappa shape index (κ1) is 17.4. The molecule has 0 radical (unpaired) electrons. The van der Waals surface area contributed by atoms with Crippen molar-refractivity contribution in [3.05, 3.63) is 20.7 Å². The normalized spacial score (nSPS) is 15.7. The number of anilines is 1. The second-order valence-electron chi connectivity index (χ2n) is 5.00. The van der Waals surface area contributed by atoms with Crippen LogP contribution in [-0.4, -0.2) is 67.4 Å². The minimum atomic E-state index is -0.835. The van der Waals surface area contributed by atoms with Crippen LogP contribution < -0.4 is 10.1 Å². The van der Waals surface area contributed by atoms with Crippen molar-refractivity contribution in [2.75, 3.05) is 51.7 Å². The van der Waals surface area contributed by atoms with Crippen LogP contribution in [0.2, 0.25) is 5.02 Å². The first-order chi connectivity index (χ1) is 10.5. The lowest BCUT2D eigenvalue weighted by atomic mass is 10.3. The van der Waals surface area contributed by atoms with E-state index in [1.165, 1.54) is 4.90 Å². The molecule has 0 saturated carbocycles. The molecule has 2 rings (SSSR count). The number of carboxylic acid groups (broad SMARTS) is 1. The maximum absolute atomic E-state index is 10.9. The molecule has 0 unspecified atom stereocenters. The van der Waals surface area contributed by atoms with Crippen molar-refractivity contribution < 1.29 is 14.6 Å². The van der Waals surface area contributed by atoms with Gasteiger partial charge in [0.2, 0.25) is 0 Å². The Balaban J connectivity index is 1.82. The van der Waals surface area contributed by atoms with Crippen molar-refractivity contribution in [3.63, 3.8) is 0 Å². The molecule has 1 amide bonds. The Hall–Kier alpha value is -0.930. The van der Waals surface area contributed by atoms with Crippen LogP contribution >= 0.6 is 34.2 Å². The van der Waals surface area contributed by atoms with Crippen molar-refractivity contribution in [3.8, 4) is 5.75 Å². The Kier molecular flexibility index (Phi) is 6.39. The molecule has 2 N–H and O–H groups in total. The third-order valence-corrected chi connectivity index (χ3v) is 5.15. The maximum Gasteiger partial charge on any atom is 0.407 e. The second-order valence-corrected chi connectivity index (χ2v) is 6.57. The molecule has 22 heavy (non-hydrogen) atoms. The standard InChI is InChI=1S/C14H19ClIN3O3/c1-22-13-8-10(15)11(16)9-12(13)17-2-3-18-4-6-19(7-5-18)14(20)21/h8-9,17H,2-7H2,1H3,(H,20,21). The van der Waals surface area contributed by atoms with Gasteiger partial charge in [-0.3, -0.25) is 4.90 Å². The van der Waals surface area contributed by atoms with Gasteiger partial charge in [0, 0.05) is 48.9 Å². The quantitative estimate of drug-likeness (QED) is 0.691. The fraction of sp³-hybridized carbons (Fsp3) is 0.500. The number of piperazine rings is 1. The average Bonchev–Trinajstić information content (AvgIpc) is 2.51. The fourth-order valence-electron chi connectivity index (χ4n) is 2.35. The molecular weight excluding hydrogens is 421 g/mol. The summed E-state index contributed by atoms with van der Waals surface area (Å²) in [5.41, 5.74) is 0.917. The van der Waals surface area contributed by atoms with E-state index in [0.717, 1.165) is 41.2 Å². The lowest BCUT2D eigenvalue weighted by Crippen LogP contribution is -2.49. The number of hydrogen-bond donors (Lipinski definition) is 2. The minimum Gasteiger partial charge on any atom is -0.495 e. The number of nitrogens with zero attached hydrogens (tertiary/aromatic N) is 2. The molecule has 1 saturated heterocycles. The molecule has 0 aliphatic carbocycles. The Labute approximate surface area is 148 Å². The summed E-state index contributed by atoms with van der Waals surface area (Å²) in [4.78, 5) is 14.6. The van der Waals surface area contributed by atoms with Crippen LogP contribution in [0.15, 0.2) is 12.1 Å². The zero-order chi connectivity index (χ0) is 16.1. The molecule has 1 heterocycles. The van der Waals surface area contributed by atoms with Gasteiger partial charge >= 0.3 is 6.09 Å². The number of amides is 1. The number of carbonyl (C=O) groups is 1. The predicted octanol–water partition coefficient (Wildman–Crippen LogP) is 2.66. The van der Waals surface area contributed by atoms with Gasteiger partial charge < -0.3 is 20.1 Å². The van der Waals surface area contributed by atoms with Gasteiger partial charge in [0.1, 0.15) is 5.75 Å². The number of hydrogen-bond acceptors (Lipinski definition) is 4. The molecular formula is C14H19ClIN3O3. The lowest BCUT2D eigenvalue weighted by molar-refractivity contribution is 0.107. The molecule has 1 fully saturated rings. The monoisotopic (exact) mass is 439 g/mol. The number of benzene rings is 1. The van der Waals surface area contributed by atoms with Crippen LogP contribution in [0.25, 0.3) is 0 Å². The van der Waals surface area contributed by atoms with E-state index in [2.05, 4.69) is 32.8 Å². The van der Waals surface area contributed by atoms with Crippen LogP contribution in [0.3, 0.4) is 0 Å². The Morgan fingerprint density at radius 1 is 1.41 bits per heavy atom. The van der Waals surface area contributed by atoms with E-state index < -0.39 is 6.09 Å². The molecule has 0 spiro atoms. The van der Waals surface area contributed by atoms with Crippen molar-refractivity contribution in [1.82, 2.24) is 9.80 Å². The van der Waals surface area contributed by atoms with Crippen molar-refractivity contribution >= 4 is 46.0 Å². The maximum atomic E-state index is 10.9. The molecule has 1 aliphatic heterocycles. The highest BCUT2D eigenvalue weighted by Gasteiger charge is 2.19. The van der Waals surface area contributed by atoms with E-state index in [4.69, 9.17) is 21.4 Å². The molecule has 0 bridgehead atoms. The van der Waals surface area contributed by atoms with Gasteiger partial charge in [0.05, 0.1) is 17.8 Å². The van der Waals surface area contributed by atoms with Crippen LogP contribution in [0.1, 0.15) is 0 Å². The molecule has 0 aromatic heterocycles. The van der Waals surface area contributed by atoms with Crippen LogP contribution in [0.4, 0.5) is 10.5 Å².